The molecule has 19 heavy (non-hydrogen) atoms. The molecule has 0 aromatic carbocycles. The van der Waals surface area contributed by atoms with Crippen LogP contribution in [0.3, 0.4) is 0 Å². The summed E-state index contributed by atoms with van der Waals surface area (Å²) in [5, 5.41) is 11.0. The fraction of sp³-hybridized carbons (Fsp3) is 0.846. The number of hydrogen-bond donors (Lipinski definition) is 2. The summed E-state index contributed by atoms with van der Waals surface area (Å²) in [6.07, 6.45) is 1.13. The molecule has 1 heterocycles. The zero-order chi connectivity index (χ0) is 14.4. The molecular weight excluding hydrogens is 260 g/mol. The number of nitrogens with one attached hydrogen (secondary N) is 2. The van der Waals surface area contributed by atoms with Crippen LogP contribution in [0.4, 0.5) is 0 Å². The molecule has 0 aliphatic heterocycles. The number of H-pyrrole nitrogens is 1. The minimum Gasteiger partial charge on any atom is -0.313 e. The first-order chi connectivity index (χ1) is 8.97. The van der Waals surface area contributed by atoms with Gasteiger partial charge in [0, 0.05) is 17.8 Å². The van der Waals surface area contributed by atoms with Gasteiger partial charge in [-0.25, -0.2) is 9.89 Å². The highest BCUT2D eigenvalue weighted by molar-refractivity contribution is 7.99. The Balaban J connectivity index is 2.66. The number of hydrogen-bond acceptors (Lipinski definition) is 4. The Bertz CT molecular complexity index is 425. The minimum atomic E-state index is -0.125. The molecule has 0 amide bonds. The third-order valence-electron chi connectivity index (χ3n) is 3.04. The second kappa shape index (κ2) is 7.75. The molecule has 1 atom stereocenters. The molecule has 0 bridgehead atoms. The molecule has 2 N–H and O–H groups in total. The van der Waals surface area contributed by atoms with E-state index in [1.165, 1.54) is 0 Å². The summed E-state index contributed by atoms with van der Waals surface area (Å²) in [6.45, 7) is 11.6. The van der Waals surface area contributed by atoms with Crippen LogP contribution in [0.1, 0.15) is 47.1 Å². The molecule has 6 heteroatoms. The van der Waals surface area contributed by atoms with Gasteiger partial charge >= 0.3 is 5.69 Å². The molecule has 0 spiro atoms. The van der Waals surface area contributed by atoms with Crippen LogP contribution < -0.4 is 11.0 Å². The maximum atomic E-state index is 11.6. The van der Waals surface area contributed by atoms with Gasteiger partial charge in [-0.15, -0.1) is 5.10 Å². The highest BCUT2D eigenvalue weighted by atomic mass is 32.2. The Kier molecular flexibility index (Phi) is 6.65. The average Bonchev–Trinajstić information content (AvgIpc) is 2.70. The fourth-order valence-corrected chi connectivity index (χ4v) is 3.20. The van der Waals surface area contributed by atoms with E-state index in [9.17, 15) is 4.79 Å². The van der Waals surface area contributed by atoms with Crippen LogP contribution in [0.15, 0.2) is 9.95 Å². The monoisotopic (exact) mass is 286 g/mol. The SMILES string of the molecule is CCCNC(CSc1n[nH]c(=O)n1C(C)C)C(C)C. The van der Waals surface area contributed by atoms with E-state index in [0.29, 0.717) is 12.0 Å². The van der Waals surface area contributed by atoms with Crippen molar-refractivity contribution in [2.75, 3.05) is 12.3 Å². The average molecular weight is 286 g/mol. The van der Waals surface area contributed by atoms with Gasteiger partial charge in [-0.2, -0.15) is 0 Å². The van der Waals surface area contributed by atoms with Crippen LogP contribution in [-0.4, -0.2) is 33.1 Å². The predicted molar refractivity (Wildman–Crippen MR) is 80.9 cm³/mol. The summed E-state index contributed by atoms with van der Waals surface area (Å²) in [7, 11) is 0. The van der Waals surface area contributed by atoms with Gasteiger partial charge in [0.1, 0.15) is 0 Å². The standard InChI is InChI=1S/C13H26N4OS/c1-6-7-14-11(9(2)3)8-19-13-16-15-12(18)17(13)10(4)5/h9-11,14H,6-8H2,1-5H3,(H,15,18). The molecule has 1 aromatic heterocycles. The lowest BCUT2D eigenvalue weighted by Gasteiger charge is -2.21. The lowest BCUT2D eigenvalue weighted by molar-refractivity contribution is 0.433. The highest BCUT2D eigenvalue weighted by Gasteiger charge is 2.17. The van der Waals surface area contributed by atoms with Gasteiger partial charge in [0.05, 0.1) is 0 Å². The molecule has 0 saturated carbocycles. The number of rotatable bonds is 8. The zero-order valence-corrected chi connectivity index (χ0v) is 13.4. The maximum absolute atomic E-state index is 11.6. The molecular formula is C13H26N4OS. The van der Waals surface area contributed by atoms with Crippen molar-refractivity contribution in [3.63, 3.8) is 0 Å². The van der Waals surface area contributed by atoms with Crippen molar-refractivity contribution in [2.45, 2.75) is 58.3 Å². The normalized spacial score (nSPS) is 13.4. The smallest absolute Gasteiger partial charge is 0.313 e. The molecule has 0 fully saturated rings. The summed E-state index contributed by atoms with van der Waals surface area (Å²) in [5.74, 6) is 1.49. The topological polar surface area (TPSA) is 62.7 Å². The third-order valence-corrected chi connectivity index (χ3v) is 4.11. The molecule has 0 saturated heterocycles. The highest BCUT2D eigenvalue weighted by Crippen LogP contribution is 2.19. The van der Waals surface area contributed by atoms with Crippen molar-refractivity contribution >= 4 is 11.8 Å². The summed E-state index contributed by atoms with van der Waals surface area (Å²) >= 11 is 1.64. The van der Waals surface area contributed by atoms with Crippen molar-refractivity contribution < 1.29 is 0 Å². The van der Waals surface area contributed by atoms with Gasteiger partial charge in [0.2, 0.25) is 0 Å². The second-order valence-electron chi connectivity index (χ2n) is 5.39. The predicted octanol–water partition coefficient (Wildman–Crippen LogP) is 2.27. The Morgan fingerprint density at radius 1 is 1.37 bits per heavy atom. The number of aromatic nitrogens is 3. The van der Waals surface area contributed by atoms with E-state index in [0.717, 1.165) is 23.9 Å². The van der Waals surface area contributed by atoms with Gasteiger partial charge in [-0.3, -0.25) is 4.57 Å². The van der Waals surface area contributed by atoms with Crippen LogP contribution in [0.5, 0.6) is 0 Å². The summed E-state index contributed by atoms with van der Waals surface area (Å²) < 4.78 is 1.71. The number of thioether (sulfide) groups is 1. The molecule has 110 valence electrons. The largest absolute Gasteiger partial charge is 0.344 e. The second-order valence-corrected chi connectivity index (χ2v) is 6.38. The summed E-state index contributed by atoms with van der Waals surface area (Å²) in [4.78, 5) is 11.6. The maximum Gasteiger partial charge on any atom is 0.344 e. The van der Waals surface area contributed by atoms with Gasteiger partial charge in [-0.05, 0) is 32.7 Å². The minimum absolute atomic E-state index is 0.125. The Morgan fingerprint density at radius 2 is 2.05 bits per heavy atom. The first-order valence-corrected chi connectivity index (χ1v) is 7.99. The van der Waals surface area contributed by atoms with Crippen LogP contribution in [0.25, 0.3) is 0 Å². The van der Waals surface area contributed by atoms with Gasteiger partial charge < -0.3 is 5.32 Å². The Hall–Kier alpha value is -0.750. The number of nitrogens with zero attached hydrogens (tertiary/aromatic N) is 2. The molecule has 1 unspecified atom stereocenters. The van der Waals surface area contributed by atoms with E-state index in [2.05, 4.69) is 36.3 Å². The summed E-state index contributed by atoms with van der Waals surface area (Å²) in [6, 6.07) is 0.576. The van der Waals surface area contributed by atoms with Crippen molar-refractivity contribution in [1.29, 1.82) is 0 Å². The van der Waals surface area contributed by atoms with Crippen LogP contribution in [-0.2, 0) is 0 Å². The van der Waals surface area contributed by atoms with Crippen LogP contribution in [0.2, 0.25) is 0 Å². The summed E-state index contributed by atoms with van der Waals surface area (Å²) in [5.41, 5.74) is -0.125. The van der Waals surface area contributed by atoms with E-state index >= 15 is 0 Å². The number of aromatic amines is 1. The van der Waals surface area contributed by atoms with Gasteiger partial charge in [0.25, 0.3) is 0 Å². The lowest BCUT2D eigenvalue weighted by atomic mass is 10.1. The quantitative estimate of drug-likeness (QED) is 0.720. The zero-order valence-electron chi connectivity index (χ0n) is 12.6. The van der Waals surface area contributed by atoms with Crippen molar-refractivity contribution in [3.8, 4) is 0 Å². The van der Waals surface area contributed by atoms with E-state index in [4.69, 9.17) is 0 Å². The third kappa shape index (κ3) is 4.69. The van der Waals surface area contributed by atoms with E-state index in [1.54, 1.807) is 16.3 Å². The lowest BCUT2D eigenvalue weighted by Crippen LogP contribution is -2.36. The molecule has 1 aromatic rings. The van der Waals surface area contributed by atoms with E-state index < -0.39 is 0 Å². The van der Waals surface area contributed by atoms with Crippen molar-refractivity contribution in [2.24, 2.45) is 5.92 Å². The van der Waals surface area contributed by atoms with E-state index in [-0.39, 0.29) is 11.7 Å². The fourth-order valence-electron chi connectivity index (χ4n) is 1.83. The van der Waals surface area contributed by atoms with Crippen LogP contribution in [0, 0.1) is 5.92 Å². The molecule has 0 radical (unpaired) electrons. The van der Waals surface area contributed by atoms with Crippen LogP contribution >= 0.6 is 11.8 Å². The van der Waals surface area contributed by atoms with Gasteiger partial charge in [0.15, 0.2) is 5.16 Å². The van der Waals surface area contributed by atoms with E-state index in [1.807, 2.05) is 13.8 Å². The molecule has 0 aliphatic rings. The van der Waals surface area contributed by atoms with Crippen molar-refractivity contribution in [3.05, 3.63) is 10.5 Å². The molecule has 1 rings (SSSR count). The van der Waals surface area contributed by atoms with Crippen molar-refractivity contribution in [1.82, 2.24) is 20.1 Å². The Labute approximate surface area is 119 Å². The first-order valence-electron chi connectivity index (χ1n) is 7.00. The molecule has 5 nitrogen and oxygen atoms in total. The Morgan fingerprint density at radius 3 is 2.58 bits per heavy atom. The first kappa shape index (κ1) is 16.3. The van der Waals surface area contributed by atoms with Gasteiger partial charge in [-0.1, -0.05) is 32.5 Å². The molecule has 0 aliphatic carbocycles.